The average molecular weight is 471 g/mol. The number of hydrogen-bond donors (Lipinski definition) is 0. The summed E-state index contributed by atoms with van der Waals surface area (Å²) < 4.78 is 76.4. The molecular weight excluding hydrogens is 458 g/mol. The third-order valence-corrected chi connectivity index (χ3v) is 6.17. The van der Waals surface area contributed by atoms with Crippen molar-refractivity contribution in [1.82, 2.24) is 4.31 Å². The van der Waals surface area contributed by atoms with E-state index in [2.05, 4.69) is 31.9 Å². The molecule has 0 radical (unpaired) electrons. The van der Waals surface area contributed by atoms with Crippen LogP contribution in [0.4, 0.5) is 17.6 Å². The Bertz CT molecular complexity index is 624. The fraction of sp³-hybridized carbons (Fsp3) is 0.500. The van der Waals surface area contributed by atoms with Crippen molar-refractivity contribution < 1.29 is 26.0 Å². The molecule has 0 bridgehead atoms. The number of halogens is 6. The molecule has 0 heterocycles. The van der Waals surface area contributed by atoms with Crippen molar-refractivity contribution in [3.8, 4) is 0 Å². The van der Waals surface area contributed by atoms with E-state index in [1.807, 2.05) is 0 Å². The second-order valence-corrected chi connectivity index (χ2v) is 8.59. The Balaban J connectivity index is 3.39. The lowest BCUT2D eigenvalue weighted by atomic mass is 10.2. The van der Waals surface area contributed by atoms with Crippen molar-refractivity contribution in [2.75, 3.05) is 13.1 Å². The Morgan fingerprint density at radius 3 is 2.00 bits per heavy atom. The quantitative estimate of drug-likeness (QED) is 0.591. The highest BCUT2D eigenvalue weighted by Gasteiger charge is 2.38. The molecule has 0 aliphatic rings. The van der Waals surface area contributed by atoms with E-state index in [-0.39, 0.29) is 21.4 Å². The maximum absolute atomic E-state index is 13.2. The summed E-state index contributed by atoms with van der Waals surface area (Å²) in [5.74, 6) is -1.03. The maximum Gasteiger partial charge on any atom is 0.402 e. The van der Waals surface area contributed by atoms with Crippen LogP contribution in [0.15, 0.2) is 26.0 Å². The van der Waals surface area contributed by atoms with Gasteiger partial charge in [-0.25, -0.2) is 12.8 Å². The standard InChI is InChI=1S/C12H13Br2F4NO2S/c1-7(2)5-19(6-12(16,17)18)22(20,21)11-9(13)3-8(15)4-10(11)14/h3-4,7H,5-6H2,1-2H3. The second-order valence-electron chi connectivity index (χ2n) is 5.01. The fourth-order valence-electron chi connectivity index (χ4n) is 1.76. The van der Waals surface area contributed by atoms with Gasteiger partial charge in [0.15, 0.2) is 0 Å². The van der Waals surface area contributed by atoms with Gasteiger partial charge >= 0.3 is 6.18 Å². The molecular formula is C12H13Br2F4NO2S. The van der Waals surface area contributed by atoms with Crippen LogP contribution in [0.1, 0.15) is 13.8 Å². The van der Waals surface area contributed by atoms with E-state index in [0.29, 0.717) is 4.31 Å². The first-order valence-corrected chi connectivity index (χ1v) is 9.08. The summed E-state index contributed by atoms with van der Waals surface area (Å²) in [6.07, 6.45) is -4.68. The van der Waals surface area contributed by atoms with Crippen molar-refractivity contribution in [2.24, 2.45) is 5.92 Å². The van der Waals surface area contributed by atoms with Crippen molar-refractivity contribution >= 4 is 41.9 Å². The number of rotatable bonds is 5. The monoisotopic (exact) mass is 469 g/mol. The molecule has 0 aliphatic carbocycles. The number of alkyl halides is 3. The second kappa shape index (κ2) is 7.14. The van der Waals surface area contributed by atoms with E-state index < -0.39 is 33.5 Å². The fourth-order valence-corrected chi connectivity index (χ4v) is 5.80. The number of nitrogens with zero attached hydrogens (tertiary/aromatic N) is 1. The van der Waals surface area contributed by atoms with E-state index in [1.54, 1.807) is 13.8 Å². The largest absolute Gasteiger partial charge is 0.402 e. The molecule has 0 N–H and O–H groups in total. The van der Waals surface area contributed by atoms with Gasteiger partial charge in [0.1, 0.15) is 17.3 Å². The third-order valence-electron chi connectivity index (χ3n) is 2.49. The molecule has 0 atom stereocenters. The van der Waals surface area contributed by atoms with Crippen LogP contribution in [0.25, 0.3) is 0 Å². The topological polar surface area (TPSA) is 37.4 Å². The van der Waals surface area contributed by atoms with Gasteiger partial charge in [0, 0.05) is 15.5 Å². The summed E-state index contributed by atoms with van der Waals surface area (Å²) >= 11 is 5.78. The molecule has 0 saturated heterocycles. The van der Waals surface area contributed by atoms with Gasteiger partial charge < -0.3 is 0 Å². The van der Waals surface area contributed by atoms with Gasteiger partial charge in [-0.05, 0) is 49.9 Å². The van der Waals surface area contributed by atoms with Crippen molar-refractivity contribution in [2.45, 2.75) is 24.9 Å². The maximum atomic E-state index is 13.2. The average Bonchev–Trinajstić information content (AvgIpc) is 2.22. The minimum absolute atomic E-state index is 0.143. The third kappa shape index (κ3) is 5.17. The van der Waals surface area contributed by atoms with E-state index >= 15 is 0 Å². The Hall–Kier alpha value is -0.190. The molecule has 22 heavy (non-hydrogen) atoms. The van der Waals surface area contributed by atoms with Gasteiger partial charge in [-0.2, -0.15) is 17.5 Å². The Labute approximate surface area is 143 Å². The Morgan fingerprint density at radius 2 is 1.64 bits per heavy atom. The van der Waals surface area contributed by atoms with Crippen LogP contribution in [0.3, 0.4) is 0 Å². The molecule has 1 aromatic rings. The predicted molar refractivity (Wildman–Crippen MR) is 81.5 cm³/mol. The van der Waals surface area contributed by atoms with E-state index in [0.717, 1.165) is 12.1 Å². The molecule has 0 aromatic heterocycles. The SMILES string of the molecule is CC(C)CN(CC(F)(F)F)S(=O)(=O)c1c(Br)cc(F)cc1Br. The van der Waals surface area contributed by atoms with Crippen molar-refractivity contribution in [3.63, 3.8) is 0 Å². The molecule has 3 nitrogen and oxygen atoms in total. The van der Waals surface area contributed by atoms with Crippen LogP contribution in [0, 0.1) is 11.7 Å². The van der Waals surface area contributed by atoms with Gasteiger partial charge in [-0.1, -0.05) is 13.8 Å². The minimum atomic E-state index is -4.68. The number of sulfonamides is 1. The normalized spacial score (nSPS) is 13.2. The molecule has 0 aliphatic heterocycles. The molecule has 10 heteroatoms. The van der Waals surface area contributed by atoms with Gasteiger partial charge in [0.05, 0.1) is 0 Å². The van der Waals surface area contributed by atoms with Gasteiger partial charge in [-0.3, -0.25) is 0 Å². The zero-order chi connectivity index (χ0) is 17.3. The van der Waals surface area contributed by atoms with E-state index in [1.165, 1.54) is 0 Å². The lowest BCUT2D eigenvalue weighted by Gasteiger charge is -2.26. The minimum Gasteiger partial charge on any atom is -0.207 e. The van der Waals surface area contributed by atoms with Crippen LogP contribution in [0.2, 0.25) is 0 Å². The molecule has 0 spiro atoms. The molecule has 0 fully saturated rings. The number of benzene rings is 1. The van der Waals surface area contributed by atoms with Crippen LogP contribution in [0.5, 0.6) is 0 Å². The highest BCUT2D eigenvalue weighted by Crippen LogP contribution is 2.34. The molecule has 0 saturated carbocycles. The lowest BCUT2D eigenvalue weighted by molar-refractivity contribution is -0.136. The van der Waals surface area contributed by atoms with Crippen LogP contribution in [-0.4, -0.2) is 32.0 Å². The molecule has 126 valence electrons. The van der Waals surface area contributed by atoms with E-state index in [9.17, 15) is 26.0 Å². The molecule has 0 amide bonds. The number of hydrogen-bond acceptors (Lipinski definition) is 2. The zero-order valence-electron chi connectivity index (χ0n) is 11.6. The summed E-state index contributed by atoms with van der Waals surface area (Å²) in [6, 6.07) is 1.78. The summed E-state index contributed by atoms with van der Waals surface area (Å²) in [4.78, 5) is -0.432. The summed E-state index contributed by atoms with van der Waals surface area (Å²) in [5, 5.41) is 0. The summed E-state index contributed by atoms with van der Waals surface area (Å²) in [5.41, 5.74) is 0. The van der Waals surface area contributed by atoms with Gasteiger partial charge in [0.25, 0.3) is 0 Å². The smallest absolute Gasteiger partial charge is 0.207 e. The van der Waals surface area contributed by atoms with Crippen LogP contribution >= 0.6 is 31.9 Å². The summed E-state index contributed by atoms with van der Waals surface area (Å²) in [6.45, 7) is 1.29. The first-order chi connectivity index (χ1) is 9.84. The molecule has 0 unspecified atom stereocenters. The lowest BCUT2D eigenvalue weighted by Crippen LogP contribution is -2.41. The van der Waals surface area contributed by atoms with Gasteiger partial charge in [0.2, 0.25) is 10.0 Å². The predicted octanol–water partition coefficient (Wildman–Crippen LogP) is 4.56. The Kier molecular flexibility index (Phi) is 6.45. The van der Waals surface area contributed by atoms with Crippen molar-refractivity contribution in [3.05, 3.63) is 26.9 Å². The van der Waals surface area contributed by atoms with Gasteiger partial charge in [-0.15, -0.1) is 0 Å². The molecule has 1 rings (SSSR count). The van der Waals surface area contributed by atoms with Crippen LogP contribution in [-0.2, 0) is 10.0 Å². The first-order valence-electron chi connectivity index (χ1n) is 6.06. The Morgan fingerprint density at radius 1 is 1.18 bits per heavy atom. The van der Waals surface area contributed by atoms with Crippen molar-refractivity contribution in [1.29, 1.82) is 0 Å². The summed E-state index contributed by atoms with van der Waals surface area (Å²) in [7, 11) is -4.45. The first kappa shape index (κ1) is 19.9. The highest BCUT2D eigenvalue weighted by atomic mass is 79.9. The van der Waals surface area contributed by atoms with Crippen LogP contribution < -0.4 is 0 Å². The zero-order valence-corrected chi connectivity index (χ0v) is 15.6. The molecule has 1 aromatic carbocycles. The van der Waals surface area contributed by atoms with E-state index in [4.69, 9.17) is 0 Å². The highest BCUT2D eigenvalue weighted by molar-refractivity contribution is 9.11.